The van der Waals surface area contributed by atoms with Crippen LogP contribution in [0.15, 0.2) is 18.2 Å². The van der Waals surface area contributed by atoms with E-state index in [2.05, 4.69) is 32.1 Å². The van der Waals surface area contributed by atoms with Crippen LogP contribution in [-0.2, 0) is 4.74 Å². The van der Waals surface area contributed by atoms with Crippen molar-refractivity contribution in [2.45, 2.75) is 130 Å². The van der Waals surface area contributed by atoms with Crippen LogP contribution in [0.3, 0.4) is 0 Å². The van der Waals surface area contributed by atoms with Crippen molar-refractivity contribution in [3.63, 3.8) is 0 Å². The Bertz CT molecular complexity index is 805. The lowest BCUT2D eigenvalue weighted by Gasteiger charge is -2.38. The second-order valence-corrected chi connectivity index (χ2v) is 12.5. The third kappa shape index (κ3) is 7.46. The van der Waals surface area contributed by atoms with Crippen molar-refractivity contribution in [2.75, 3.05) is 6.61 Å². The molecule has 3 fully saturated rings. The zero-order valence-electron chi connectivity index (χ0n) is 23.6. The quantitative estimate of drug-likeness (QED) is 0.293. The summed E-state index contributed by atoms with van der Waals surface area (Å²) in [4.78, 5) is 0. The third-order valence-corrected chi connectivity index (χ3v) is 10.0. The van der Waals surface area contributed by atoms with Crippen LogP contribution in [0.1, 0.15) is 139 Å². The molecule has 0 aromatic heterocycles. The van der Waals surface area contributed by atoms with E-state index in [4.69, 9.17) is 4.74 Å². The Morgan fingerprint density at radius 2 is 1.50 bits per heavy atom. The lowest BCUT2D eigenvalue weighted by molar-refractivity contribution is -0.0419. The Hall–Kier alpha value is -1.15. The van der Waals surface area contributed by atoms with E-state index >= 15 is 4.39 Å². The second kappa shape index (κ2) is 14.1. The van der Waals surface area contributed by atoms with Crippen molar-refractivity contribution in [3.8, 4) is 0 Å². The molecule has 1 aromatic rings. The molecule has 36 heavy (non-hydrogen) atoms. The van der Waals surface area contributed by atoms with E-state index in [0.29, 0.717) is 11.8 Å². The zero-order chi connectivity index (χ0) is 25.3. The molecule has 0 spiro atoms. The highest BCUT2D eigenvalue weighted by Crippen LogP contribution is 2.42. The van der Waals surface area contributed by atoms with Crippen molar-refractivity contribution in [2.24, 2.45) is 29.6 Å². The molecule has 4 rings (SSSR count). The van der Waals surface area contributed by atoms with Gasteiger partial charge in [-0.15, -0.1) is 0 Å². The molecule has 0 radical (unpaired) electrons. The predicted octanol–water partition coefficient (Wildman–Crippen LogP) is 10.6. The number of allylic oxidation sites excluding steroid dienone is 1. The van der Waals surface area contributed by atoms with Gasteiger partial charge < -0.3 is 4.74 Å². The molecule has 1 aliphatic heterocycles. The van der Waals surface area contributed by atoms with Gasteiger partial charge in [0.1, 0.15) is 5.82 Å². The Balaban J connectivity index is 1.25. The summed E-state index contributed by atoms with van der Waals surface area (Å²) in [6.07, 6.45) is 25.8. The number of benzene rings is 1. The monoisotopic (exact) mass is 496 g/mol. The van der Waals surface area contributed by atoms with Crippen molar-refractivity contribution < 1.29 is 9.13 Å². The molecule has 2 aliphatic carbocycles. The Kier molecular flexibility index (Phi) is 10.9. The van der Waals surface area contributed by atoms with E-state index < -0.39 is 0 Å². The maximum Gasteiger partial charge on any atom is 0.132 e. The summed E-state index contributed by atoms with van der Waals surface area (Å²) in [6, 6.07) is 4.14. The molecule has 2 unspecified atom stereocenters. The number of unbranched alkanes of at least 4 members (excludes halogenated alkanes) is 2. The lowest BCUT2D eigenvalue weighted by atomic mass is 9.72. The summed E-state index contributed by atoms with van der Waals surface area (Å²) in [5.41, 5.74) is 2.61. The van der Waals surface area contributed by atoms with Gasteiger partial charge in [0, 0.05) is 5.56 Å². The molecule has 202 valence electrons. The summed E-state index contributed by atoms with van der Waals surface area (Å²) in [7, 11) is 0. The van der Waals surface area contributed by atoms with Gasteiger partial charge in [0.15, 0.2) is 0 Å². The molecule has 1 nitrogen and oxygen atoms in total. The van der Waals surface area contributed by atoms with E-state index in [1.807, 2.05) is 13.0 Å². The first kappa shape index (κ1) is 27.9. The van der Waals surface area contributed by atoms with Gasteiger partial charge in [-0.3, -0.25) is 0 Å². The van der Waals surface area contributed by atoms with E-state index in [-0.39, 0.29) is 11.9 Å². The first-order valence-electron chi connectivity index (χ1n) is 15.7. The normalized spacial score (nSPS) is 31.7. The van der Waals surface area contributed by atoms with E-state index in [1.54, 1.807) is 0 Å². The highest BCUT2D eigenvalue weighted by molar-refractivity contribution is 5.55. The molecule has 0 N–H and O–H groups in total. The molecule has 0 bridgehead atoms. The fourth-order valence-corrected chi connectivity index (χ4v) is 7.49. The van der Waals surface area contributed by atoms with Crippen molar-refractivity contribution in [1.29, 1.82) is 0 Å². The van der Waals surface area contributed by atoms with Crippen LogP contribution in [0.4, 0.5) is 4.39 Å². The van der Waals surface area contributed by atoms with E-state index in [0.717, 1.165) is 47.5 Å². The summed E-state index contributed by atoms with van der Waals surface area (Å²) in [5.74, 6) is 4.01. The molecule has 2 atom stereocenters. The summed E-state index contributed by atoms with van der Waals surface area (Å²) < 4.78 is 21.8. The van der Waals surface area contributed by atoms with Crippen LogP contribution >= 0.6 is 0 Å². The van der Waals surface area contributed by atoms with Crippen molar-refractivity contribution in [1.82, 2.24) is 0 Å². The van der Waals surface area contributed by atoms with Gasteiger partial charge in [0.25, 0.3) is 0 Å². The smallest absolute Gasteiger partial charge is 0.132 e. The molecule has 3 aliphatic rings. The Morgan fingerprint density at radius 3 is 2.17 bits per heavy atom. The number of ether oxygens (including phenoxy) is 1. The van der Waals surface area contributed by atoms with Crippen LogP contribution in [0.5, 0.6) is 0 Å². The van der Waals surface area contributed by atoms with Crippen LogP contribution < -0.4 is 0 Å². The average Bonchev–Trinajstić information content (AvgIpc) is 2.91. The maximum absolute atomic E-state index is 15.5. The van der Waals surface area contributed by atoms with E-state index in [9.17, 15) is 0 Å². The minimum absolute atomic E-state index is 0.0414. The Labute approximate surface area is 221 Å². The molecular formula is C34H53FO. The van der Waals surface area contributed by atoms with Gasteiger partial charge >= 0.3 is 0 Å². The van der Waals surface area contributed by atoms with Crippen LogP contribution in [0, 0.1) is 42.3 Å². The topological polar surface area (TPSA) is 9.23 Å². The standard InChI is InChI=1S/C34H53FO/c1-4-6-7-9-27-10-12-28(13-11-27)14-17-29-20-22-32(34(35)25(29)3)33-23-21-31(24-36-33)30-18-15-26(8-5-2)16-19-30/h14,17,20,22,26-28,30-31,33H,4-13,15-16,18-19,21,23-24H2,1-3H3/b17-14+. The van der Waals surface area contributed by atoms with Gasteiger partial charge in [-0.25, -0.2) is 4.39 Å². The third-order valence-electron chi connectivity index (χ3n) is 10.0. The summed E-state index contributed by atoms with van der Waals surface area (Å²) in [5, 5.41) is 0. The SMILES string of the molecule is CCCCCC1CCC(/C=C/c2ccc(C3CCC(C4CCC(CCC)CC4)CO3)c(F)c2C)CC1. The molecule has 2 saturated carbocycles. The van der Waals surface area contributed by atoms with E-state index in [1.165, 1.54) is 96.3 Å². The molecule has 2 heteroatoms. The summed E-state index contributed by atoms with van der Waals surface area (Å²) >= 11 is 0. The van der Waals surface area contributed by atoms with Gasteiger partial charge in [0.05, 0.1) is 12.7 Å². The minimum atomic E-state index is -0.0719. The highest BCUT2D eigenvalue weighted by atomic mass is 19.1. The molecule has 1 aromatic carbocycles. The molecule has 0 amide bonds. The average molecular weight is 497 g/mol. The first-order valence-corrected chi connectivity index (χ1v) is 15.7. The number of rotatable bonds is 10. The summed E-state index contributed by atoms with van der Waals surface area (Å²) in [6.45, 7) is 7.36. The second-order valence-electron chi connectivity index (χ2n) is 12.5. The van der Waals surface area contributed by atoms with Gasteiger partial charge in [0.2, 0.25) is 0 Å². The number of hydrogen-bond acceptors (Lipinski definition) is 1. The zero-order valence-corrected chi connectivity index (χ0v) is 23.6. The fourth-order valence-electron chi connectivity index (χ4n) is 7.49. The number of hydrogen-bond donors (Lipinski definition) is 0. The Morgan fingerprint density at radius 1 is 0.806 bits per heavy atom. The number of halogens is 1. The predicted molar refractivity (Wildman–Crippen MR) is 152 cm³/mol. The van der Waals surface area contributed by atoms with Crippen LogP contribution in [0.25, 0.3) is 6.08 Å². The largest absolute Gasteiger partial charge is 0.373 e. The molecule has 1 saturated heterocycles. The fraction of sp³-hybridized carbons (Fsp3) is 0.765. The highest BCUT2D eigenvalue weighted by Gasteiger charge is 2.32. The first-order chi connectivity index (χ1) is 17.6. The van der Waals surface area contributed by atoms with Crippen molar-refractivity contribution in [3.05, 3.63) is 40.7 Å². The van der Waals surface area contributed by atoms with Crippen LogP contribution in [0.2, 0.25) is 0 Å². The maximum atomic E-state index is 15.5. The molecule has 1 heterocycles. The lowest BCUT2D eigenvalue weighted by Crippen LogP contribution is -2.30. The minimum Gasteiger partial charge on any atom is -0.373 e. The molecular weight excluding hydrogens is 443 g/mol. The van der Waals surface area contributed by atoms with Crippen LogP contribution in [-0.4, -0.2) is 6.61 Å². The van der Waals surface area contributed by atoms with Gasteiger partial charge in [-0.2, -0.15) is 0 Å². The van der Waals surface area contributed by atoms with Crippen molar-refractivity contribution >= 4 is 6.08 Å². The van der Waals surface area contributed by atoms with Gasteiger partial charge in [-0.05, 0) is 99.0 Å². The van der Waals surface area contributed by atoms with Gasteiger partial charge in [-0.1, -0.05) is 89.5 Å².